The molecule has 0 unspecified atom stereocenters. The molecule has 6 heteroatoms. The van der Waals surface area contributed by atoms with Crippen LogP contribution in [0.25, 0.3) is 0 Å². The van der Waals surface area contributed by atoms with E-state index in [1.54, 1.807) is 30.3 Å². The minimum Gasteiger partial charge on any atom is -0.545 e. The molecule has 0 atom stereocenters. The largest absolute Gasteiger partial charge is 0.545 e. The molecule has 0 bridgehead atoms. The first-order valence-electron chi connectivity index (χ1n) is 5.62. The van der Waals surface area contributed by atoms with Crippen molar-refractivity contribution >= 4 is 41.1 Å². The highest BCUT2D eigenvalue weighted by atomic mass is 35.5. The molecule has 0 radical (unpaired) electrons. The fourth-order valence-electron chi connectivity index (χ4n) is 1.49. The van der Waals surface area contributed by atoms with Crippen LogP contribution in [0.4, 0.5) is 5.69 Å². The van der Waals surface area contributed by atoms with Crippen LogP contribution in [0, 0.1) is 0 Å². The Balaban J connectivity index is 2.08. The van der Waals surface area contributed by atoms with Crippen LogP contribution in [0.15, 0.2) is 47.6 Å². The summed E-state index contributed by atoms with van der Waals surface area (Å²) in [4.78, 5) is 10.6. The lowest BCUT2D eigenvalue weighted by molar-refractivity contribution is -0.255. The fraction of sp³-hybridized carbons (Fsp3) is 0. The lowest BCUT2D eigenvalue weighted by Crippen LogP contribution is -2.21. The number of halogens is 2. The van der Waals surface area contributed by atoms with E-state index in [9.17, 15) is 9.90 Å². The Hall–Kier alpha value is -2.04. The Labute approximate surface area is 125 Å². The third-order valence-corrected chi connectivity index (χ3v) is 3.17. The molecule has 4 nitrogen and oxygen atoms in total. The number of hydrogen-bond acceptors (Lipinski definition) is 4. The van der Waals surface area contributed by atoms with Gasteiger partial charge in [0.05, 0.1) is 27.9 Å². The van der Waals surface area contributed by atoms with Gasteiger partial charge in [-0.3, -0.25) is 5.43 Å². The van der Waals surface area contributed by atoms with E-state index in [0.717, 1.165) is 0 Å². The normalized spacial score (nSPS) is 10.7. The number of hydrogen-bond donors (Lipinski definition) is 1. The molecule has 102 valence electrons. The number of nitrogens with one attached hydrogen (secondary N) is 1. The molecule has 0 fully saturated rings. The summed E-state index contributed by atoms with van der Waals surface area (Å²) in [5, 5.41) is 15.6. The molecule has 0 aliphatic heterocycles. The first-order valence-corrected chi connectivity index (χ1v) is 6.38. The van der Waals surface area contributed by atoms with Gasteiger partial charge in [-0.15, -0.1) is 0 Å². The van der Waals surface area contributed by atoms with Crippen molar-refractivity contribution in [3.05, 3.63) is 63.6 Å². The molecule has 0 saturated heterocycles. The maximum atomic E-state index is 10.6. The van der Waals surface area contributed by atoms with E-state index >= 15 is 0 Å². The molecule has 0 aliphatic carbocycles. The van der Waals surface area contributed by atoms with Crippen molar-refractivity contribution in [2.45, 2.75) is 0 Å². The summed E-state index contributed by atoms with van der Waals surface area (Å²) in [6.45, 7) is 0. The van der Waals surface area contributed by atoms with Crippen molar-refractivity contribution in [2.24, 2.45) is 5.10 Å². The molecular formula is C14H9Cl2N2O2-. The molecule has 2 aromatic rings. The van der Waals surface area contributed by atoms with E-state index in [1.807, 2.05) is 0 Å². The van der Waals surface area contributed by atoms with Crippen molar-refractivity contribution in [3.8, 4) is 0 Å². The monoisotopic (exact) mass is 307 g/mol. The van der Waals surface area contributed by atoms with Gasteiger partial charge in [0, 0.05) is 5.56 Å². The maximum absolute atomic E-state index is 10.6. The lowest BCUT2D eigenvalue weighted by atomic mass is 10.2. The average Bonchev–Trinajstić information content (AvgIpc) is 2.42. The minimum absolute atomic E-state index is 0.105. The van der Waals surface area contributed by atoms with Crippen LogP contribution >= 0.6 is 23.2 Å². The summed E-state index contributed by atoms with van der Waals surface area (Å²) in [5.74, 6) is -1.22. The number of carboxylic acids is 1. The van der Waals surface area contributed by atoms with E-state index in [-0.39, 0.29) is 5.56 Å². The SMILES string of the molecule is O=C([O-])c1ccc(N/N=C\c2c(Cl)cccc2Cl)cc1. The van der Waals surface area contributed by atoms with Crippen LogP contribution < -0.4 is 10.5 Å². The van der Waals surface area contributed by atoms with Gasteiger partial charge in [-0.05, 0) is 29.8 Å². The van der Waals surface area contributed by atoms with E-state index in [4.69, 9.17) is 23.2 Å². The average molecular weight is 308 g/mol. The molecule has 0 heterocycles. The summed E-state index contributed by atoms with van der Waals surface area (Å²) >= 11 is 12.0. The van der Waals surface area contributed by atoms with Gasteiger partial charge in [0.25, 0.3) is 0 Å². The van der Waals surface area contributed by atoms with Gasteiger partial charge in [0.15, 0.2) is 0 Å². The van der Waals surface area contributed by atoms with Gasteiger partial charge in [-0.25, -0.2) is 0 Å². The number of aromatic carboxylic acids is 1. The summed E-state index contributed by atoms with van der Waals surface area (Å²) in [6.07, 6.45) is 1.50. The lowest BCUT2D eigenvalue weighted by Gasteiger charge is -2.04. The quantitative estimate of drug-likeness (QED) is 0.698. The maximum Gasteiger partial charge on any atom is 0.0715 e. The number of carbonyl (C=O) groups excluding carboxylic acids is 1. The topological polar surface area (TPSA) is 64.5 Å². The van der Waals surface area contributed by atoms with Crippen molar-refractivity contribution in [1.82, 2.24) is 0 Å². The second kappa shape index (κ2) is 6.41. The fourth-order valence-corrected chi connectivity index (χ4v) is 1.98. The number of hydrazone groups is 1. The molecular weight excluding hydrogens is 299 g/mol. The summed E-state index contributed by atoms with van der Waals surface area (Å²) in [6, 6.07) is 11.2. The van der Waals surface area contributed by atoms with E-state index in [0.29, 0.717) is 21.3 Å². The molecule has 20 heavy (non-hydrogen) atoms. The van der Waals surface area contributed by atoms with E-state index in [2.05, 4.69) is 10.5 Å². The Kier molecular flexibility index (Phi) is 4.61. The molecule has 0 aliphatic rings. The highest BCUT2D eigenvalue weighted by molar-refractivity contribution is 6.38. The van der Waals surface area contributed by atoms with Crippen molar-refractivity contribution < 1.29 is 9.90 Å². The molecule has 2 aromatic carbocycles. The zero-order chi connectivity index (χ0) is 14.5. The van der Waals surface area contributed by atoms with Gasteiger partial charge in [-0.1, -0.05) is 41.4 Å². The molecule has 2 rings (SSSR count). The van der Waals surface area contributed by atoms with Gasteiger partial charge in [0.1, 0.15) is 0 Å². The number of benzene rings is 2. The van der Waals surface area contributed by atoms with Crippen LogP contribution in [-0.4, -0.2) is 12.2 Å². The van der Waals surface area contributed by atoms with E-state index in [1.165, 1.54) is 18.3 Å². The second-order valence-corrected chi connectivity index (χ2v) is 4.68. The molecule has 0 spiro atoms. The van der Waals surface area contributed by atoms with Crippen LogP contribution in [0.3, 0.4) is 0 Å². The Morgan fingerprint density at radius 3 is 2.25 bits per heavy atom. The Bertz CT molecular complexity index is 634. The van der Waals surface area contributed by atoms with Crippen LogP contribution in [0.2, 0.25) is 10.0 Å². The Morgan fingerprint density at radius 1 is 1.10 bits per heavy atom. The summed E-state index contributed by atoms with van der Waals surface area (Å²) < 4.78 is 0. The van der Waals surface area contributed by atoms with Crippen LogP contribution in [-0.2, 0) is 0 Å². The van der Waals surface area contributed by atoms with Crippen LogP contribution in [0.5, 0.6) is 0 Å². The summed E-state index contributed by atoms with van der Waals surface area (Å²) in [7, 11) is 0. The standard InChI is InChI=1S/C14H10Cl2N2O2/c15-12-2-1-3-13(16)11(12)8-17-18-10-6-4-9(5-7-10)14(19)20/h1-8,18H,(H,19,20)/p-1/b17-8-. The molecule has 0 aromatic heterocycles. The number of rotatable bonds is 4. The smallest absolute Gasteiger partial charge is 0.0715 e. The predicted octanol–water partition coefficient (Wildman–Crippen LogP) is 2.80. The molecule has 1 N–H and O–H groups in total. The van der Waals surface area contributed by atoms with Crippen molar-refractivity contribution in [3.63, 3.8) is 0 Å². The highest BCUT2D eigenvalue weighted by Gasteiger charge is 2.01. The van der Waals surface area contributed by atoms with E-state index < -0.39 is 5.97 Å². The number of nitrogens with zero attached hydrogens (tertiary/aromatic N) is 1. The number of carboxylic acid groups (broad SMARTS) is 1. The van der Waals surface area contributed by atoms with Crippen LogP contribution in [0.1, 0.15) is 15.9 Å². The van der Waals surface area contributed by atoms with Gasteiger partial charge in [-0.2, -0.15) is 5.10 Å². The number of carbonyl (C=O) groups is 1. The van der Waals surface area contributed by atoms with Crippen molar-refractivity contribution in [1.29, 1.82) is 0 Å². The predicted molar refractivity (Wildman–Crippen MR) is 78.5 cm³/mol. The first-order chi connectivity index (χ1) is 9.58. The van der Waals surface area contributed by atoms with Crippen molar-refractivity contribution in [2.75, 3.05) is 5.43 Å². The zero-order valence-corrected chi connectivity index (χ0v) is 11.7. The number of anilines is 1. The second-order valence-electron chi connectivity index (χ2n) is 3.87. The van der Waals surface area contributed by atoms with Gasteiger partial charge in [0.2, 0.25) is 0 Å². The summed E-state index contributed by atoms with van der Waals surface area (Å²) in [5.41, 5.74) is 4.10. The molecule has 0 saturated carbocycles. The Morgan fingerprint density at radius 2 is 1.70 bits per heavy atom. The highest BCUT2D eigenvalue weighted by Crippen LogP contribution is 2.22. The first kappa shape index (κ1) is 14.4. The zero-order valence-electron chi connectivity index (χ0n) is 10.1. The van der Waals surface area contributed by atoms with Gasteiger partial charge < -0.3 is 9.90 Å². The molecule has 0 amide bonds. The third-order valence-electron chi connectivity index (χ3n) is 2.51. The third kappa shape index (κ3) is 3.50. The minimum atomic E-state index is -1.22. The van der Waals surface area contributed by atoms with Gasteiger partial charge >= 0.3 is 0 Å².